The van der Waals surface area contributed by atoms with E-state index >= 15 is 0 Å². The number of nitrogens with zero attached hydrogens (tertiary/aromatic N) is 2. The van der Waals surface area contributed by atoms with Gasteiger partial charge in [-0.2, -0.15) is 4.31 Å². The summed E-state index contributed by atoms with van der Waals surface area (Å²) >= 11 is 1.13. The van der Waals surface area contributed by atoms with Crippen LogP contribution in [-0.2, 0) is 14.8 Å². The Bertz CT molecular complexity index is 756. The molecular weight excluding hydrogens is 332 g/mol. The first-order chi connectivity index (χ1) is 11.0. The van der Waals surface area contributed by atoms with Crippen LogP contribution in [0.3, 0.4) is 0 Å². The number of thiophene rings is 1. The molecule has 122 valence electrons. The predicted molar refractivity (Wildman–Crippen MR) is 93.1 cm³/mol. The summed E-state index contributed by atoms with van der Waals surface area (Å²) in [6.07, 6.45) is 1.61. The average Bonchev–Trinajstić information content (AvgIpc) is 3.08. The lowest BCUT2D eigenvalue weighted by atomic mass is 10.2. The topological polar surface area (TPSA) is 57.7 Å². The molecule has 1 aromatic carbocycles. The van der Waals surface area contributed by atoms with Gasteiger partial charge in [-0.25, -0.2) is 8.42 Å². The van der Waals surface area contributed by atoms with Gasteiger partial charge < -0.3 is 4.90 Å². The molecule has 0 bridgehead atoms. The van der Waals surface area contributed by atoms with E-state index < -0.39 is 10.0 Å². The molecule has 0 atom stereocenters. The van der Waals surface area contributed by atoms with E-state index in [1.54, 1.807) is 29.7 Å². The molecule has 1 heterocycles. The minimum atomic E-state index is -3.64. The number of carbonyl (C=O) groups excluding carboxylic acids is 1. The summed E-state index contributed by atoms with van der Waals surface area (Å²) in [6.45, 7) is 3.73. The monoisotopic (exact) mass is 350 g/mol. The summed E-state index contributed by atoms with van der Waals surface area (Å²) in [6, 6.07) is 12.3. The highest BCUT2D eigenvalue weighted by atomic mass is 32.2. The summed E-state index contributed by atoms with van der Waals surface area (Å²) < 4.78 is 26.1. The van der Waals surface area contributed by atoms with Gasteiger partial charge in [0.15, 0.2) is 0 Å². The fourth-order valence-corrected chi connectivity index (χ4v) is 4.33. The van der Waals surface area contributed by atoms with E-state index in [9.17, 15) is 13.2 Å². The van der Waals surface area contributed by atoms with E-state index in [2.05, 4.69) is 6.58 Å². The number of amides is 1. The Morgan fingerprint density at radius 3 is 2.48 bits per heavy atom. The molecule has 0 radical (unpaired) electrons. The van der Waals surface area contributed by atoms with Crippen LogP contribution in [0.4, 0.5) is 5.69 Å². The maximum Gasteiger partial charge on any atom is 0.252 e. The van der Waals surface area contributed by atoms with Crippen molar-refractivity contribution in [2.75, 3.05) is 25.0 Å². The quantitative estimate of drug-likeness (QED) is 0.721. The van der Waals surface area contributed by atoms with E-state index in [1.165, 1.54) is 18.0 Å². The number of hydrogen-bond acceptors (Lipinski definition) is 4. The summed E-state index contributed by atoms with van der Waals surface area (Å²) in [4.78, 5) is 14.0. The first-order valence-corrected chi connectivity index (χ1v) is 9.25. The maximum atomic E-state index is 12.5. The molecular formula is C16H18N2O3S2. The van der Waals surface area contributed by atoms with Gasteiger partial charge in [-0.3, -0.25) is 4.79 Å². The molecule has 2 aromatic rings. The van der Waals surface area contributed by atoms with Crippen LogP contribution in [0.1, 0.15) is 0 Å². The van der Waals surface area contributed by atoms with Crippen LogP contribution < -0.4 is 4.90 Å². The highest BCUT2D eigenvalue weighted by molar-refractivity contribution is 7.91. The van der Waals surface area contributed by atoms with Crippen molar-refractivity contribution in [3.05, 3.63) is 60.5 Å². The van der Waals surface area contributed by atoms with Crippen LogP contribution in [0.15, 0.2) is 64.7 Å². The molecule has 0 aliphatic rings. The lowest BCUT2D eigenvalue weighted by Gasteiger charge is -2.24. The van der Waals surface area contributed by atoms with Gasteiger partial charge in [0.25, 0.3) is 10.0 Å². The molecule has 0 N–H and O–H groups in total. The van der Waals surface area contributed by atoms with Gasteiger partial charge in [-0.1, -0.05) is 30.3 Å². The first kappa shape index (κ1) is 17.4. The molecule has 0 saturated carbocycles. The van der Waals surface area contributed by atoms with E-state index in [0.717, 1.165) is 15.6 Å². The van der Waals surface area contributed by atoms with E-state index in [-0.39, 0.29) is 16.7 Å². The van der Waals surface area contributed by atoms with Crippen molar-refractivity contribution in [3.8, 4) is 0 Å². The summed E-state index contributed by atoms with van der Waals surface area (Å²) in [5.74, 6) is -0.307. The zero-order valence-corrected chi connectivity index (χ0v) is 14.4. The molecule has 0 aliphatic heterocycles. The Labute approximate surface area is 140 Å². The highest BCUT2D eigenvalue weighted by Gasteiger charge is 2.26. The largest absolute Gasteiger partial charge is 0.307 e. The lowest BCUT2D eigenvalue weighted by molar-refractivity contribution is -0.118. The lowest BCUT2D eigenvalue weighted by Crippen LogP contribution is -2.41. The molecule has 7 heteroatoms. The van der Waals surface area contributed by atoms with Crippen molar-refractivity contribution in [1.82, 2.24) is 4.31 Å². The normalized spacial score (nSPS) is 11.4. The van der Waals surface area contributed by atoms with Crippen LogP contribution in [0.5, 0.6) is 0 Å². The standard InChI is InChI=1S/C16H18N2O3S2/c1-3-11-18(14-8-5-4-6-9-14)15(19)13-17(2)23(20,21)16-10-7-12-22-16/h3-10,12H,1,11,13H2,2H3. The van der Waals surface area contributed by atoms with Gasteiger partial charge in [0.2, 0.25) is 5.91 Å². The van der Waals surface area contributed by atoms with Crippen molar-refractivity contribution in [1.29, 1.82) is 0 Å². The predicted octanol–water partition coefficient (Wildman–Crippen LogP) is 2.59. The summed E-state index contributed by atoms with van der Waals surface area (Å²) in [7, 11) is -2.24. The van der Waals surface area contributed by atoms with Crippen molar-refractivity contribution in [2.24, 2.45) is 0 Å². The molecule has 0 saturated heterocycles. The smallest absolute Gasteiger partial charge is 0.252 e. The summed E-state index contributed by atoms with van der Waals surface area (Å²) in [5, 5.41) is 1.69. The first-order valence-electron chi connectivity index (χ1n) is 6.93. The van der Waals surface area contributed by atoms with Crippen LogP contribution in [0, 0.1) is 0 Å². The number of rotatable bonds is 7. The third-order valence-electron chi connectivity index (χ3n) is 3.20. The average molecular weight is 350 g/mol. The number of hydrogen-bond donors (Lipinski definition) is 0. The van der Waals surface area contributed by atoms with Crippen LogP contribution in [0.2, 0.25) is 0 Å². The highest BCUT2D eigenvalue weighted by Crippen LogP contribution is 2.20. The van der Waals surface area contributed by atoms with E-state index in [4.69, 9.17) is 0 Å². The number of para-hydroxylation sites is 1. The maximum absolute atomic E-state index is 12.5. The number of carbonyl (C=O) groups is 1. The molecule has 0 fully saturated rings. The van der Waals surface area contributed by atoms with Gasteiger partial charge in [-0.05, 0) is 23.6 Å². The molecule has 1 amide bonds. The number of likely N-dealkylation sites (N-methyl/N-ethyl adjacent to an activating group) is 1. The van der Waals surface area contributed by atoms with Gasteiger partial charge in [-0.15, -0.1) is 17.9 Å². The third kappa shape index (κ3) is 4.07. The number of sulfonamides is 1. The summed E-state index contributed by atoms with van der Waals surface area (Å²) in [5.41, 5.74) is 0.708. The van der Waals surface area contributed by atoms with Gasteiger partial charge in [0.05, 0.1) is 6.54 Å². The Kier molecular flexibility index (Phi) is 5.70. The minimum Gasteiger partial charge on any atom is -0.307 e. The molecule has 5 nitrogen and oxygen atoms in total. The second-order valence-corrected chi connectivity index (χ2v) is 8.04. The van der Waals surface area contributed by atoms with Crippen LogP contribution in [-0.4, -0.2) is 38.8 Å². The van der Waals surface area contributed by atoms with Crippen molar-refractivity contribution in [3.63, 3.8) is 0 Å². The molecule has 0 unspecified atom stereocenters. The Balaban J connectivity index is 2.17. The van der Waals surface area contributed by atoms with E-state index in [0.29, 0.717) is 12.2 Å². The van der Waals surface area contributed by atoms with Gasteiger partial charge in [0, 0.05) is 19.3 Å². The zero-order valence-electron chi connectivity index (χ0n) is 12.8. The molecule has 2 rings (SSSR count). The minimum absolute atomic E-state index is 0.225. The van der Waals surface area contributed by atoms with Crippen molar-refractivity contribution in [2.45, 2.75) is 4.21 Å². The molecule has 0 spiro atoms. The molecule has 1 aromatic heterocycles. The molecule has 0 aliphatic carbocycles. The van der Waals surface area contributed by atoms with Crippen molar-refractivity contribution >= 4 is 33.0 Å². The van der Waals surface area contributed by atoms with Crippen LogP contribution in [0.25, 0.3) is 0 Å². The number of benzene rings is 1. The van der Waals surface area contributed by atoms with E-state index in [1.807, 2.05) is 18.2 Å². The fraction of sp³-hybridized carbons (Fsp3) is 0.188. The Hall–Kier alpha value is -1.96. The van der Waals surface area contributed by atoms with Crippen molar-refractivity contribution < 1.29 is 13.2 Å². The Morgan fingerprint density at radius 2 is 1.91 bits per heavy atom. The SMILES string of the molecule is C=CCN(C(=O)CN(C)S(=O)(=O)c1cccs1)c1ccccc1. The van der Waals surface area contributed by atoms with Gasteiger partial charge >= 0.3 is 0 Å². The van der Waals surface area contributed by atoms with Crippen LogP contribution >= 0.6 is 11.3 Å². The second kappa shape index (κ2) is 7.54. The zero-order chi connectivity index (χ0) is 16.9. The molecule has 23 heavy (non-hydrogen) atoms. The number of anilines is 1. The second-order valence-electron chi connectivity index (χ2n) is 4.82. The third-order valence-corrected chi connectivity index (χ3v) is 6.37. The fourth-order valence-electron chi connectivity index (χ4n) is 2.01. The van der Waals surface area contributed by atoms with Gasteiger partial charge in [0.1, 0.15) is 4.21 Å². The Morgan fingerprint density at radius 1 is 1.22 bits per heavy atom.